The molecule has 0 saturated heterocycles. The van der Waals surface area contributed by atoms with E-state index >= 15 is 0 Å². The lowest BCUT2D eigenvalue weighted by atomic mass is 10.1. The van der Waals surface area contributed by atoms with Gasteiger partial charge in [-0.3, -0.25) is 4.79 Å². The number of rotatable bonds is 7. The summed E-state index contributed by atoms with van der Waals surface area (Å²) >= 11 is 0. The van der Waals surface area contributed by atoms with Crippen LogP contribution in [0.1, 0.15) is 40.0 Å². The quantitative estimate of drug-likeness (QED) is 0.719. The third kappa shape index (κ3) is 8.54. The van der Waals surface area contributed by atoms with Gasteiger partial charge in [0.2, 0.25) is 0 Å². The van der Waals surface area contributed by atoms with E-state index in [4.69, 9.17) is 5.11 Å². The zero-order valence-corrected chi connectivity index (χ0v) is 11.2. The molecule has 0 fully saturated rings. The second kappa shape index (κ2) is 7.92. The van der Waals surface area contributed by atoms with Crippen LogP contribution >= 0.6 is 0 Å². The van der Waals surface area contributed by atoms with Gasteiger partial charge < -0.3 is 15.3 Å². The number of nitrogens with zero attached hydrogens (tertiary/aromatic N) is 1. The van der Waals surface area contributed by atoms with Crippen LogP contribution in [0, 0.1) is 5.92 Å². The van der Waals surface area contributed by atoms with Crippen molar-refractivity contribution < 1.29 is 14.7 Å². The number of amides is 2. The molecule has 2 amide bonds. The highest BCUT2D eigenvalue weighted by molar-refractivity contribution is 5.74. The standard InChI is InChI=1S/C12H24N2O3/c1-9(2)8-10(3)13-12(17)14(4)7-5-6-11(15)16/h9-10H,5-8H2,1-4H3,(H,13,17)(H,15,16). The van der Waals surface area contributed by atoms with E-state index < -0.39 is 5.97 Å². The summed E-state index contributed by atoms with van der Waals surface area (Å²) in [5.74, 6) is -0.283. The molecule has 0 rings (SSSR count). The van der Waals surface area contributed by atoms with E-state index in [2.05, 4.69) is 19.2 Å². The fourth-order valence-corrected chi connectivity index (χ4v) is 1.66. The Morgan fingerprint density at radius 1 is 1.29 bits per heavy atom. The zero-order chi connectivity index (χ0) is 13.4. The minimum Gasteiger partial charge on any atom is -0.481 e. The summed E-state index contributed by atoms with van der Waals surface area (Å²) < 4.78 is 0. The normalized spacial score (nSPS) is 12.3. The summed E-state index contributed by atoms with van der Waals surface area (Å²) in [6.45, 7) is 6.66. The molecule has 0 aliphatic carbocycles. The number of aliphatic carboxylic acids is 1. The number of carboxylic acids is 1. The van der Waals surface area contributed by atoms with Crippen LogP contribution in [0.2, 0.25) is 0 Å². The molecule has 0 aromatic carbocycles. The molecule has 0 bridgehead atoms. The first-order valence-corrected chi connectivity index (χ1v) is 6.06. The van der Waals surface area contributed by atoms with Crippen molar-refractivity contribution in [1.82, 2.24) is 10.2 Å². The van der Waals surface area contributed by atoms with Crippen molar-refractivity contribution in [3.8, 4) is 0 Å². The van der Waals surface area contributed by atoms with E-state index in [-0.39, 0.29) is 18.5 Å². The molecular formula is C12H24N2O3. The smallest absolute Gasteiger partial charge is 0.317 e. The van der Waals surface area contributed by atoms with Crippen molar-refractivity contribution in [2.75, 3.05) is 13.6 Å². The predicted octanol–water partition coefficient (Wildman–Crippen LogP) is 1.93. The Hall–Kier alpha value is -1.26. The summed E-state index contributed by atoms with van der Waals surface area (Å²) in [6, 6.07) is 0.00737. The molecule has 100 valence electrons. The highest BCUT2D eigenvalue weighted by Gasteiger charge is 2.12. The molecule has 0 spiro atoms. The van der Waals surface area contributed by atoms with Gasteiger partial charge in [0.05, 0.1) is 0 Å². The van der Waals surface area contributed by atoms with E-state index in [0.29, 0.717) is 18.9 Å². The highest BCUT2D eigenvalue weighted by Crippen LogP contribution is 2.04. The first kappa shape index (κ1) is 15.7. The van der Waals surface area contributed by atoms with Gasteiger partial charge in [-0.25, -0.2) is 4.79 Å². The minimum atomic E-state index is -0.827. The number of hydrogen-bond donors (Lipinski definition) is 2. The maximum atomic E-state index is 11.7. The van der Waals surface area contributed by atoms with Gasteiger partial charge in [-0.2, -0.15) is 0 Å². The van der Waals surface area contributed by atoms with Gasteiger partial charge in [-0.1, -0.05) is 13.8 Å². The van der Waals surface area contributed by atoms with Crippen LogP contribution in [0.3, 0.4) is 0 Å². The first-order valence-electron chi connectivity index (χ1n) is 6.06. The molecule has 17 heavy (non-hydrogen) atoms. The lowest BCUT2D eigenvalue weighted by molar-refractivity contribution is -0.137. The van der Waals surface area contributed by atoms with E-state index in [1.54, 1.807) is 7.05 Å². The largest absolute Gasteiger partial charge is 0.481 e. The lowest BCUT2D eigenvalue weighted by Crippen LogP contribution is -2.42. The predicted molar refractivity (Wildman–Crippen MR) is 66.9 cm³/mol. The molecule has 0 saturated carbocycles. The SMILES string of the molecule is CC(C)CC(C)NC(=O)N(C)CCCC(=O)O. The van der Waals surface area contributed by atoms with Gasteiger partial charge in [0.1, 0.15) is 0 Å². The maximum absolute atomic E-state index is 11.7. The van der Waals surface area contributed by atoms with Gasteiger partial charge in [0.25, 0.3) is 0 Å². The number of carboxylic acid groups (broad SMARTS) is 1. The van der Waals surface area contributed by atoms with Gasteiger partial charge in [0, 0.05) is 26.1 Å². The Labute approximate surface area is 103 Å². The van der Waals surface area contributed by atoms with Gasteiger partial charge in [0.15, 0.2) is 0 Å². The summed E-state index contributed by atoms with van der Waals surface area (Å²) in [6.07, 6.45) is 1.52. The van der Waals surface area contributed by atoms with Crippen LogP contribution in [-0.4, -0.2) is 41.6 Å². The van der Waals surface area contributed by atoms with E-state index in [1.807, 2.05) is 6.92 Å². The molecule has 0 aromatic rings. The Morgan fingerprint density at radius 2 is 1.88 bits per heavy atom. The topological polar surface area (TPSA) is 69.6 Å². The number of carbonyl (C=O) groups excluding carboxylic acids is 1. The van der Waals surface area contributed by atoms with Crippen molar-refractivity contribution >= 4 is 12.0 Å². The van der Waals surface area contributed by atoms with Crippen molar-refractivity contribution in [3.05, 3.63) is 0 Å². The van der Waals surface area contributed by atoms with E-state index in [9.17, 15) is 9.59 Å². The molecule has 5 heteroatoms. The van der Waals surface area contributed by atoms with Crippen LogP contribution in [0.5, 0.6) is 0 Å². The molecule has 0 radical (unpaired) electrons. The molecule has 0 aromatic heterocycles. The van der Waals surface area contributed by atoms with E-state index in [1.165, 1.54) is 4.90 Å². The summed E-state index contributed by atoms with van der Waals surface area (Å²) in [5, 5.41) is 11.4. The monoisotopic (exact) mass is 244 g/mol. The number of carbonyl (C=O) groups is 2. The Morgan fingerprint density at radius 3 is 2.35 bits per heavy atom. The van der Waals surface area contributed by atoms with Crippen LogP contribution in [0.15, 0.2) is 0 Å². The Bertz CT molecular complexity index is 254. The Balaban J connectivity index is 3.84. The number of nitrogens with one attached hydrogen (secondary N) is 1. The highest BCUT2D eigenvalue weighted by atomic mass is 16.4. The average Bonchev–Trinajstić information content (AvgIpc) is 2.15. The van der Waals surface area contributed by atoms with Crippen LogP contribution in [0.25, 0.3) is 0 Å². The molecule has 0 aliphatic rings. The zero-order valence-electron chi connectivity index (χ0n) is 11.2. The summed E-state index contributed by atoms with van der Waals surface area (Å²) in [4.78, 5) is 23.5. The Kier molecular flexibility index (Phi) is 7.34. The summed E-state index contributed by atoms with van der Waals surface area (Å²) in [7, 11) is 1.68. The lowest BCUT2D eigenvalue weighted by Gasteiger charge is -2.22. The van der Waals surface area contributed by atoms with Crippen LogP contribution < -0.4 is 5.32 Å². The number of urea groups is 1. The third-order valence-corrected chi connectivity index (χ3v) is 2.43. The van der Waals surface area contributed by atoms with Crippen molar-refractivity contribution in [2.45, 2.75) is 46.1 Å². The second-order valence-corrected chi connectivity index (χ2v) is 4.90. The molecule has 1 unspecified atom stereocenters. The van der Waals surface area contributed by atoms with Gasteiger partial charge in [-0.05, 0) is 25.7 Å². The second-order valence-electron chi connectivity index (χ2n) is 4.90. The fourth-order valence-electron chi connectivity index (χ4n) is 1.66. The third-order valence-electron chi connectivity index (χ3n) is 2.43. The molecule has 0 heterocycles. The minimum absolute atomic E-state index is 0.0964. The fraction of sp³-hybridized carbons (Fsp3) is 0.833. The average molecular weight is 244 g/mol. The van der Waals surface area contributed by atoms with Gasteiger partial charge >= 0.3 is 12.0 Å². The molecule has 0 aliphatic heterocycles. The van der Waals surface area contributed by atoms with Crippen molar-refractivity contribution in [2.24, 2.45) is 5.92 Å². The maximum Gasteiger partial charge on any atom is 0.317 e. The molecule has 5 nitrogen and oxygen atoms in total. The molecule has 2 N–H and O–H groups in total. The number of hydrogen-bond acceptors (Lipinski definition) is 2. The van der Waals surface area contributed by atoms with Crippen molar-refractivity contribution in [3.63, 3.8) is 0 Å². The molecule has 1 atom stereocenters. The van der Waals surface area contributed by atoms with Crippen molar-refractivity contribution in [1.29, 1.82) is 0 Å². The van der Waals surface area contributed by atoms with Gasteiger partial charge in [-0.15, -0.1) is 0 Å². The first-order chi connectivity index (χ1) is 7.82. The van der Waals surface area contributed by atoms with Crippen LogP contribution in [0.4, 0.5) is 4.79 Å². The summed E-state index contributed by atoms with van der Waals surface area (Å²) in [5.41, 5.74) is 0. The van der Waals surface area contributed by atoms with E-state index in [0.717, 1.165) is 6.42 Å². The molecular weight excluding hydrogens is 220 g/mol. The van der Waals surface area contributed by atoms with Crippen LogP contribution in [-0.2, 0) is 4.79 Å².